The minimum absolute atomic E-state index is 0.143. The van der Waals surface area contributed by atoms with Gasteiger partial charge in [0.1, 0.15) is 5.82 Å². The first-order valence-electron chi connectivity index (χ1n) is 11.5. The molecule has 3 aromatic rings. The standard InChI is InChI=1S/C25H30ClN5O/c1-28-23-8-3-2-7-22(23)27-24(28)18-29-11-9-19(10-12-29)25(32)31-15-13-30(14-16-31)21-6-4-5-20(26)17-21/h2-8,17,19H,9-16,18H2,1H3. The van der Waals surface area contributed by atoms with Crippen molar-refractivity contribution in [2.24, 2.45) is 13.0 Å². The number of carbonyl (C=O) groups excluding carboxylic acids is 1. The van der Waals surface area contributed by atoms with Gasteiger partial charge in [-0.25, -0.2) is 4.98 Å². The van der Waals surface area contributed by atoms with Gasteiger partial charge in [-0.05, 0) is 56.3 Å². The summed E-state index contributed by atoms with van der Waals surface area (Å²) in [6, 6.07) is 16.2. The summed E-state index contributed by atoms with van der Waals surface area (Å²) in [5.74, 6) is 1.57. The number of carbonyl (C=O) groups is 1. The molecule has 1 amide bonds. The number of fused-ring (bicyclic) bond motifs is 1. The average molecular weight is 452 g/mol. The molecule has 5 rings (SSSR count). The summed E-state index contributed by atoms with van der Waals surface area (Å²) in [6.45, 7) is 6.01. The topological polar surface area (TPSA) is 44.6 Å². The predicted molar refractivity (Wildman–Crippen MR) is 129 cm³/mol. The number of aromatic nitrogens is 2. The van der Waals surface area contributed by atoms with E-state index in [1.165, 1.54) is 5.52 Å². The first-order chi connectivity index (χ1) is 15.6. The Balaban J connectivity index is 1.13. The van der Waals surface area contributed by atoms with Gasteiger partial charge in [-0.3, -0.25) is 9.69 Å². The smallest absolute Gasteiger partial charge is 0.225 e. The largest absolute Gasteiger partial charge is 0.368 e. The second-order valence-electron chi connectivity index (χ2n) is 8.92. The van der Waals surface area contributed by atoms with Crippen molar-refractivity contribution in [2.75, 3.05) is 44.2 Å². The maximum absolute atomic E-state index is 13.1. The van der Waals surface area contributed by atoms with Crippen LogP contribution in [0.15, 0.2) is 48.5 Å². The molecule has 0 unspecified atom stereocenters. The van der Waals surface area contributed by atoms with Gasteiger partial charge >= 0.3 is 0 Å². The van der Waals surface area contributed by atoms with Crippen LogP contribution >= 0.6 is 11.6 Å². The molecule has 168 valence electrons. The third-order valence-corrected chi connectivity index (χ3v) is 7.18. The van der Waals surface area contributed by atoms with E-state index in [2.05, 4.69) is 50.6 Å². The van der Waals surface area contributed by atoms with Crippen LogP contribution in [0.4, 0.5) is 5.69 Å². The van der Waals surface area contributed by atoms with Crippen molar-refractivity contribution in [3.05, 3.63) is 59.4 Å². The zero-order chi connectivity index (χ0) is 22.1. The lowest BCUT2D eigenvalue weighted by Gasteiger charge is -2.39. The van der Waals surface area contributed by atoms with Gasteiger partial charge in [0.25, 0.3) is 0 Å². The molecule has 2 aliphatic rings. The number of piperazine rings is 1. The number of anilines is 1. The zero-order valence-corrected chi connectivity index (χ0v) is 19.3. The van der Waals surface area contributed by atoms with E-state index in [1.54, 1.807) is 0 Å². The molecule has 0 aliphatic carbocycles. The highest BCUT2D eigenvalue weighted by atomic mass is 35.5. The van der Waals surface area contributed by atoms with E-state index in [-0.39, 0.29) is 5.92 Å². The second kappa shape index (κ2) is 9.12. The molecule has 7 heteroatoms. The van der Waals surface area contributed by atoms with E-state index < -0.39 is 0 Å². The van der Waals surface area contributed by atoms with E-state index >= 15 is 0 Å². The number of hydrogen-bond donors (Lipinski definition) is 0. The Morgan fingerprint density at radius 2 is 1.75 bits per heavy atom. The number of benzene rings is 2. The summed E-state index contributed by atoms with van der Waals surface area (Å²) in [7, 11) is 2.09. The number of likely N-dealkylation sites (tertiary alicyclic amines) is 1. The number of para-hydroxylation sites is 2. The molecule has 0 bridgehead atoms. The highest BCUT2D eigenvalue weighted by Crippen LogP contribution is 2.25. The lowest BCUT2D eigenvalue weighted by Crippen LogP contribution is -2.51. The number of halogens is 1. The molecule has 3 heterocycles. The molecule has 1 aromatic heterocycles. The highest BCUT2D eigenvalue weighted by molar-refractivity contribution is 6.30. The van der Waals surface area contributed by atoms with Crippen LogP contribution in [0.2, 0.25) is 5.02 Å². The third kappa shape index (κ3) is 4.34. The number of imidazole rings is 1. The summed E-state index contributed by atoms with van der Waals surface area (Å²) in [5, 5.41) is 0.756. The van der Waals surface area contributed by atoms with E-state index in [0.717, 1.165) is 80.7 Å². The SMILES string of the molecule is Cn1c(CN2CCC(C(=O)N3CCN(c4cccc(Cl)c4)CC3)CC2)nc2ccccc21. The number of rotatable bonds is 4. The molecule has 0 N–H and O–H groups in total. The summed E-state index contributed by atoms with van der Waals surface area (Å²) in [6.07, 6.45) is 1.86. The number of amides is 1. The summed E-state index contributed by atoms with van der Waals surface area (Å²) in [4.78, 5) is 24.8. The van der Waals surface area contributed by atoms with Gasteiger partial charge in [0.2, 0.25) is 5.91 Å². The minimum atomic E-state index is 0.143. The molecule has 0 atom stereocenters. The van der Waals surface area contributed by atoms with Gasteiger partial charge in [-0.2, -0.15) is 0 Å². The second-order valence-corrected chi connectivity index (χ2v) is 9.35. The molecule has 0 saturated carbocycles. The molecule has 32 heavy (non-hydrogen) atoms. The van der Waals surface area contributed by atoms with Crippen LogP contribution in [0, 0.1) is 5.92 Å². The van der Waals surface area contributed by atoms with Crippen molar-refractivity contribution >= 4 is 34.2 Å². The Morgan fingerprint density at radius 3 is 2.47 bits per heavy atom. The Labute approximate surface area is 194 Å². The number of piperidine rings is 1. The molecular formula is C25H30ClN5O. The first-order valence-corrected chi connectivity index (χ1v) is 11.9. The molecule has 6 nitrogen and oxygen atoms in total. The molecule has 2 fully saturated rings. The van der Waals surface area contributed by atoms with Crippen molar-refractivity contribution in [1.82, 2.24) is 19.4 Å². The fourth-order valence-electron chi connectivity index (χ4n) is 4.99. The number of nitrogens with zero attached hydrogens (tertiary/aromatic N) is 5. The molecule has 0 radical (unpaired) electrons. The Morgan fingerprint density at radius 1 is 1.00 bits per heavy atom. The van der Waals surface area contributed by atoms with Crippen molar-refractivity contribution < 1.29 is 4.79 Å². The molecule has 2 saturated heterocycles. The van der Waals surface area contributed by atoms with Crippen molar-refractivity contribution in [3.8, 4) is 0 Å². The normalized spacial score (nSPS) is 18.4. The lowest BCUT2D eigenvalue weighted by atomic mass is 9.95. The monoisotopic (exact) mass is 451 g/mol. The Kier molecular flexibility index (Phi) is 6.07. The minimum Gasteiger partial charge on any atom is -0.368 e. The number of aryl methyl sites for hydroxylation is 1. The zero-order valence-electron chi connectivity index (χ0n) is 18.6. The van der Waals surface area contributed by atoms with Crippen LogP contribution in [0.5, 0.6) is 0 Å². The van der Waals surface area contributed by atoms with Crippen molar-refractivity contribution in [2.45, 2.75) is 19.4 Å². The van der Waals surface area contributed by atoms with Gasteiger partial charge in [0.15, 0.2) is 0 Å². The van der Waals surface area contributed by atoms with Crippen LogP contribution in [0.25, 0.3) is 11.0 Å². The third-order valence-electron chi connectivity index (χ3n) is 6.95. The van der Waals surface area contributed by atoms with Gasteiger partial charge in [-0.15, -0.1) is 0 Å². The number of hydrogen-bond acceptors (Lipinski definition) is 4. The van der Waals surface area contributed by atoms with Crippen LogP contribution < -0.4 is 4.90 Å². The first kappa shape index (κ1) is 21.3. The van der Waals surface area contributed by atoms with Crippen molar-refractivity contribution in [1.29, 1.82) is 0 Å². The van der Waals surface area contributed by atoms with E-state index in [0.29, 0.717) is 5.91 Å². The van der Waals surface area contributed by atoms with Gasteiger partial charge in [0, 0.05) is 49.9 Å². The maximum Gasteiger partial charge on any atom is 0.225 e. The Bertz CT molecular complexity index is 1100. The molecular weight excluding hydrogens is 422 g/mol. The van der Waals surface area contributed by atoms with Crippen LogP contribution in [0.1, 0.15) is 18.7 Å². The van der Waals surface area contributed by atoms with E-state index in [1.807, 2.05) is 24.3 Å². The molecule has 2 aliphatic heterocycles. The summed E-state index contributed by atoms with van der Waals surface area (Å²) < 4.78 is 2.19. The van der Waals surface area contributed by atoms with Gasteiger partial charge in [0.05, 0.1) is 17.6 Å². The molecule has 2 aromatic carbocycles. The van der Waals surface area contributed by atoms with E-state index in [9.17, 15) is 4.79 Å². The highest BCUT2D eigenvalue weighted by Gasteiger charge is 2.31. The van der Waals surface area contributed by atoms with E-state index in [4.69, 9.17) is 16.6 Å². The van der Waals surface area contributed by atoms with Gasteiger partial charge < -0.3 is 14.4 Å². The fraction of sp³-hybridized carbons (Fsp3) is 0.440. The van der Waals surface area contributed by atoms with Gasteiger partial charge in [-0.1, -0.05) is 29.8 Å². The predicted octanol–water partition coefficient (Wildman–Crippen LogP) is 3.79. The van der Waals surface area contributed by atoms with Crippen LogP contribution in [-0.2, 0) is 18.4 Å². The van der Waals surface area contributed by atoms with Crippen molar-refractivity contribution in [3.63, 3.8) is 0 Å². The van der Waals surface area contributed by atoms with Crippen LogP contribution in [-0.4, -0.2) is 64.5 Å². The average Bonchev–Trinajstić information content (AvgIpc) is 3.14. The fourth-order valence-corrected chi connectivity index (χ4v) is 5.18. The summed E-state index contributed by atoms with van der Waals surface area (Å²) >= 11 is 6.14. The summed E-state index contributed by atoms with van der Waals surface area (Å²) in [5.41, 5.74) is 3.36. The quantitative estimate of drug-likeness (QED) is 0.605. The van der Waals surface area contributed by atoms with Crippen LogP contribution in [0.3, 0.4) is 0 Å². The Hall–Kier alpha value is -2.57. The maximum atomic E-state index is 13.1. The molecule has 0 spiro atoms. The lowest BCUT2D eigenvalue weighted by molar-refractivity contribution is -0.137.